The Balaban J connectivity index is 3.48. The van der Waals surface area contributed by atoms with E-state index < -0.39 is 0 Å². The summed E-state index contributed by atoms with van der Waals surface area (Å²) in [5, 5.41) is 0. The Labute approximate surface area is 79.4 Å². The van der Waals surface area contributed by atoms with Crippen molar-refractivity contribution in [3.63, 3.8) is 0 Å². The van der Waals surface area contributed by atoms with Gasteiger partial charge in [-0.05, 0) is 13.3 Å². The summed E-state index contributed by atoms with van der Waals surface area (Å²) in [6, 6.07) is 0. The number of esters is 1. The highest BCUT2D eigenvalue weighted by Crippen LogP contribution is 2.02. The molecule has 13 heavy (non-hydrogen) atoms. The monoisotopic (exact) mass is 189 g/mol. The Morgan fingerprint density at radius 3 is 2.54 bits per heavy atom. The zero-order chi connectivity index (χ0) is 10.1. The van der Waals surface area contributed by atoms with Crippen molar-refractivity contribution in [1.82, 2.24) is 0 Å². The van der Waals surface area contributed by atoms with Crippen molar-refractivity contribution in [1.29, 1.82) is 0 Å². The second kappa shape index (κ2) is 8.01. The molecule has 0 aromatic heterocycles. The van der Waals surface area contributed by atoms with Gasteiger partial charge < -0.3 is 15.2 Å². The zero-order valence-corrected chi connectivity index (χ0v) is 8.41. The van der Waals surface area contributed by atoms with Gasteiger partial charge in [0, 0.05) is 13.2 Å². The number of carbonyl (C=O) groups is 1. The molecule has 0 radical (unpaired) electrons. The maximum absolute atomic E-state index is 11.2. The van der Waals surface area contributed by atoms with Crippen molar-refractivity contribution in [2.24, 2.45) is 11.7 Å². The minimum atomic E-state index is -0.218. The Morgan fingerprint density at radius 2 is 2.08 bits per heavy atom. The summed E-state index contributed by atoms with van der Waals surface area (Å²) in [4.78, 5) is 11.2. The number of rotatable bonds is 7. The van der Waals surface area contributed by atoms with E-state index in [1.807, 2.05) is 13.8 Å². The quantitative estimate of drug-likeness (QED) is 0.469. The number of hydrogen-bond acceptors (Lipinski definition) is 4. The van der Waals surface area contributed by atoms with Crippen molar-refractivity contribution in [2.75, 3.05) is 26.4 Å². The first-order valence-corrected chi connectivity index (χ1v) is 4.70. The lowest BCUT2D eigenvalue weighted by Crippen LogP contribution is -2.26. The Bertz CT molecular complexity index is 135. The number of nitrogens with two attached hydrogens (primary N) is 1. The van der Waals surface area contributed by atoms with E-state index in [-0.39, 0.29) is 11.9 Å². The highest BCUT2D eigenvalue weighted by Gasteiger charge is 2.15. The number of ether oxygens (including phenoxy) is 2. The Kier molecular flexibility index (Phi) is 7.63. The predicted octanol–water partition coefficient (Wildman–Crippen LogP) is 0.551. The van der Waals surface area contributed by atoms with E-state index in [0.717, 1.165) is 6.42 Å². The average molecular weight is 189 g/mol. The van der Waals surface area contributed by atoms with Crippen LogP contribution in [0.3, 0.4) is 0 Å². The van der Waals surface area contributed by atoms with E-state index in [2.05, 4.69) is 0 Å². The van der Waals surface area contributed by atoms with Crippen molar-refractivity contribution < 1.29 is 14.3 Å². The zero-order valence-electron chi connectivity index (χ0n) is 8.41. The fourth-order valence-corrected chi connectivity index (χ4v) is 0.893. The standard InChI is InChI=1S/C9H19NO3/c1-3-8(7-10)9(11)13-6-5-12-4-2/h8H,3-7,10H2,1-2H3. The van der Waals surface area contributed by atoms with Gasteiger partial charge in [-0.25, -0.2) is 0 Å². The van der Waals surface area contributed by atoms with Crippen molar-refractivity contribution in [3.05, 3.63) is 0 Å². The molecule has 0 rings (SSSR count). The Hall–Kier alpha value is -0.610. The Morgan fingerprint density at radius 1 is 1.38 bits per heavy atom. The third-order valence-corrected chi connectivity index (χ3v) is 1.79. The van der Waals surface area contributed by atoms with Gasteiger partial charge in [-0.1, -0.05) is 6.92 Å². The molecule has 0 heterocycles. The second-order valence-electron chi connectivity index (χ2n) is 2.71. The summed E-state index contributed by atoms with van der Waals surface area (Å²) < 4.78 is 9.97. The molecule has 1 atom stereocenters. The molecular formula is C9H19NO3. The van der Waals surface area contributed by atoms with Gasteiger partial charge in [-0.2, -0.15) is 0 Å². The van der Waals surface area contributed by atoms with Crippen LogP contribution < -0.4 is 5.73 Å². The van der Waals surface area contributed by atoms with E-state index in [9.17, 15) is 4.79 Å². The molecule has 0 aliphatic heterocycles. The van der Waals surface area contributed by atoms with Gasteiger partial charge in [-0.15, -0.1) is 0 Å². The van der Waals surface area contributed by atoms with Gasteiger partial charge in [0.25, 0.3) is 0 Å². The van der Waals surface area contributed by atoms with Crippen LogP contribution in [0.1, 0.15) is 20.3 Å². The molecule has 0 aliphatic carbocycles. The van der Waals surface area contributed by atoms with E-state index in [0.29, 0.717) is 26.4 Å². The van der Waals surface area contributed by atoms with Crippen LogP contribution in [0.4, 0.5) is 0 Å². The molecule has 0 saturated heterocycles. The molecule has 4 nitrogen and oxygen atoms in total. The first kappa shape index (κ1) is 12.4. The fraction of sp³-hybridized carbons (Fsp3) is 0.889. The lowest BCUT2D eigenvalue weighted by molar-refractivity contribution is -0.149. The summed E-state index contributed by atoms with van der Waals surface area (Å²) in [6.45, 7) is 5.60. The highest BCUT2D eigenvalue weighted by atomic mass is 16.6. The lowest BCUT2D eigenvalue weighted by Gasteiger charge is -2.11. The summed E-state index contributed by atoms with van der Waals surface area (Å²) in [5.41, 5.74) is 5.38. The third kappa shape index (κ3) is 5.60. The van der Waals surface area contributed by atoms with Crippen LogP contribution >= 0.6 is 0 Å². The lowest BCUT2D eigenvalue weighted by atomic mass is 10.1. The van der Waals surface area contributed by atoms with Gasteiger partial charge >= 0.3 is 5.97 Å². The molecule has 4 heteroatoms. The molecule has 0 amide bonds. The van der Waals surface area contributed by atoms with Crippen LogP contribution in [-0.2, 0) is 14.3 Å². The number of carbonyl (C=O) groups excluding carboxylic acids is 1. The minimum Gasteiger partial charge on any atom is -0.463 e. The number of hydrogen-bond donors (Lipinski definition) is 1. The van der Waals surface area contributed by atoms with E-state index >= 15 is 0 Å². The molecule has 78 valence electrons. The molecule has 0 saturated carbocycles. The largest absolute Gasteiger partial charge is 0.463 e. The molecule has 0 aliphatic rings. The van der Waals surface area contributed by atoms with Crippen LogP contribution in [-0.4, -0.2) is 32.3 Å². The minimum absolute atomic E-state index is 0.165. The summed E-state index contributed by atoms with van der Waals surface area (Å²) in [6.07, 6.45) is 0.726. The average Bonchev–Trinajstić information content (AvgIpc) is 2.14. The second-order valence-corrected chi connectivity index (χ2v) is 2.71. The highest BCUT2D eigenvalue weighted by molar-refractivity contribution is 5.72. The maximum atomic E-state index is 11.2. The van der Waals surface area contributed by atoms with Crippen LogP contribution in [0.15, 0.2) is 0 Å². The first-order chi connectivity index (χ1) is 6.26. The van der Waals surface area contributed by atoms with Crippen LogP contribution in [0.5, 0.6) is 0 Å². The summed E-state index contributed by atoms with van der Waals surface area (Å²) >= 11 is 0. The topological polar surface area (TPSA) is 61.5 Å². The van der Waals surface area contributed by atoms with E-state index in [4.69, 9.17) is 15.2 Å². The third-order valence-electron chi connectivity index (χ3n) is 1.79. The van der Waals surface area contributed by atoms with Gasteiger partial charge in [0.1, 0.15) is 6.61 Å². The van der Waals surface area contributed by atoms with Crippen LogP contribution in [0.2, 0.25) is 0 Å². The molecule has 0 bridgehead atoms. The molecule has 0 spiro atoms. The van der Waals surface area contributed by atoms with E-state index in [1.165, 1.54) is 0 Å². The fourth-order valence-electron chi connectivity index (χ4n) is 0.893. The molecular weight excluding hydrogens is 170 g/mol. The molecule has 1 unspecified atom stereocenters. The van der Waals surface area contributed by atoms with Crippen LogP contribution in [0.25, 0.3) is 0 Å². The summed E-state index contributed by atoms with van der Waals surface area (Å²) in [7, 11) is 0. The summed E-state index contributed by atoms with van der Waals surface area (Å²) in [5.74, 6) is -0.383. The van der Waals surface area contributed by atoms with Crippen molar-refractivity contribution >= 4 is 5.97 Å². The van der Waals surface area contributed by atoms with Gasteiger partial charge in [0.2, 0.25) is 0 Å². The molecule has 0 aromatic carbocycles. The van der Waals surface area contributed by atoms with Crippen molar-refractivity contribution in [2.45, 2.75) is 20.3 Å². The van der Waals surface area contributed by atoms with Crippen molar-refractivity contribution in [3.8, 4) is 0 Å². The van der Waals surface area contributed by atoms with Gasteiger partial charge in [-0.3, -0.25) is 4.79 Å². The molecule has 0 fully saturated rings. The van der Waals surface area contributed by atoms with E-state index in [1.54, 1.807) is 0 Å². The normalized spacial score (nSPS) is 12.5. The SMILES string of the molecule is CCOCCOC(=O)C(CC)CN. The molecule has 0 aromatic rings. The van der Waals surface area contributed by atoms with Crippen LogP contribution in [0, 0.1) is 5.92 Å². The maximum Gasteiger partial charge on any atom is 0.310 e. The smallest absolute Gasteiger partial charge is 0.310 e. The van der Waals surface area contributed by atoms with Gasteiger partial charge in [0.05, 0.1) is 12.5 Å². The predicted molar refractivity (Wildman–Crippen MR) is 50.3 cm³/mol. The van der Waals surface area contributed by atoms with Gasteiger partial charge in [0.15, 0.2) is 0 Å². The molecule has 2 N–H and O–H groups in total. The first-order valence-electron chi connectivity index (χ1n) is 4.70.